The highest BCUT2D eigenvalue weighted by Gasteiger charge is 2.49. The molecule has 1 aliphatic heterocycles. The normalized spacial score (nSPS) is 22.7. The maximum atomic E-state index is 11.4. The van der Waals surface area contributed by atoms with Crippen LogP contribution in [0.4, 0.5) is 22.4 Å². The zero-order chi connectivity index (χ0) is 25.5. The van der Waals surface area contributed by atoms with Crippen LogP contribution in [-0.2, 0) is 0 Å². The number of rotatable bonds is 5. The first kappa shape index (κ1) is 24.5. The smallest absolute Gasteiger partial charge is 0.233 e. The number of H-pyrrole nitrogens is 1. The zero-order valence-electron chi connectivity index (χ0n) is 21.1. The van der Waals surface area contributed by atoms with Crippen molar-refractivity contribution < 1.29 is 14.6 Å². The van der Waals surface area contributed by atoms with E-state index < -0.39 is 6.09 Å². The lowest BCUT2D eigenvalue weighted by molar-refractivity contribution is -0.252. The number of piperidine rings is 1. The molecule has 4 rings (SSSR count). The van der Waals surface area contributed by atoms with Crippen LogP contribution in [-0.4, -0.2) is 65.1 Å². The Hall–Kier alpha value is -3.60. The molecule has 3 heterocycles. The monoisotopic (exact) mass is 482 g/mol. The molecule has 1 aromatic carbocycles. The van der Waals surface area contributed by atoms with Crippen LogP contribution in [0.1, 0.15) is 34.1 Å². The third kappa shape index (κ3) is 4.43. The van der Waals surface area contributed by atoms with Crippen LogP contribution in [0.15, 0.2) is 18.2 Å². The number of methoxy groups -OCH3 is 1. The average molecular weight is 483 g/mol. The van der Waals surface area contributed by atoms with Crippen LogP contribution >= 0.6 is 0 Å². The first-order valence-corrected chi connectivity index (χ1v) is 11.7. The van der Waals surface area contributed by atoms with Gasteiger partial charge in [0, 0.05) is 24.6 Å². The molecule has 1 saturated heterocycles. The summed E-state index contributed by atoms with van der Waals surface area (Å²) in [6.07, 6.45) is -0.509. The van der Waals surface area contributed by atoms with Gasteiger partial charge in [-0.05, 0) is 39.3 Å². The number of carbonyl (C=O) groups excluding carboxylic acids is 1. The molecule has 35 heavy (non-hydrogen) atoms. The van der Waals surface area contributed by atoms with Gasteiger partial charge in [-0.15, -0.1) is 0 Å². The van der Waals surface area contributed by atoms with Crippen molar-refractivity contribution in [2.75, 3.05) is 38.3 Å². The van der Waals surface area contributed by atoms with Crippen LogP contribution in [0.2, 0.25) is 0 Å². The van der Waals surface area contributed by atoms with E-state index in [9.17, 15) is 9.90 Å². The molecule has 0 bridgehead atoms. The van der Waals surface area contributed by atoms with Gasteiger partial charge < -0.3 is 31.0 Å². The lowest BCUT2D eigenvalue weighted by atomic mass is 9.87. The SMILES string of the molecule is CNc1nc(-c2cc(OC)c3c(N)n[nH]c3c2)cc([N+]2(C(C)(C)C)C[C@H](C)C[C@@H](NC(=O)[O-])C2)n1. The minimum Gasteiger partial charge on any atom is -0.530 e. The van der Waals surface area contributed by atoms with Crippen molar-refractivity contribution in [2.24, 2.45) is 5.92 Å². The van der Waals surface area contributed by atoms with Gasteiger partial charge in [0.1, 0.15) is 18.4 Å². The molecule has 188 valence electrons. The highest BCUT2D eigenvalue weighted by atomic mass is 16.5. The van der Waals surface area contributed by atoms with Gasteiger partial charge in [-0.3, -0.25) is 9.58 Å². The topological polar surface area (TPSA) is 154 Å². The molecule has 3 atom stereocenters. The Morgan fingerprint density at radius 2 is 2.00 bits per heavy atom. The summed E-state index contributed by atoms with van der Waals surface area (Å²) in [6, 6.07) is 5.57. The number of hydrogen-bond acceptors (Lipinski definition) is 8. The minimum absolute atomic E-state index is 0.246. The van der Waals surface area contributed by atoms with Crippen LogP contribution in [0.5, 0.6) is 5.75 Å². The number of aromatic nitrogens is 4. The second-order valence-electron chi connectivity index (χ2n) is 10.4. The lowest BCUT2D eigenvalue weighted by Crippen LogP contribution is -2.71. The first-order valence-electron chi connectivity index (χ1n) is 11.7. The first-order chi connectivity index (χ1) is 16.5. The Labute approximate surface area is 204 Å². The molecule has 3 aromatic rings. The number of carboxylic acid groups (broad SMARTS) is 1. The van der Waals surface area contributed by atoms with Gasteiger partial charge in [0.05, 0.1) is 41.8 Å². The predicted molar refractivity (Wildman–Crippen MR) is 135 cm³/mol. The molecule has 2 aromatic heterocycles. The number of carbonyl (C=O) groups is 1. The fourth-order valence-corrected chi connectivity index (χ4v) is 5.33. The molecule has 1 amide bonds. The fraction of sp³-hybridized carbons (Fsp3) is 0.500. The molecule has 0 spiro atoms. The van der Waals surface area contributed by atoms with E-state index in [0.29, 0.717) is 34.2 Å². The number of amides is 1. The summed E-state index contributed by atoms with van der Waals surface area (Å²) in [4.78, 5) is 21.0. The number of nitrogens with zero attached hydrogens (tertiary/aromatic N) is 4. The molecule has 11 heteroatoms. The molecule has 1 unspecified atom stereocenters. The Bertz CT molecular complexity index is 1250. The number of nitrogens with one attached hydrogen (secondary N) is 3. The van der Waals surface area contributed by atoms with Crippen LogP contribution in [0.25, 0.3) is 22.2 Å². The standard InChI is InChI=1S/C24H34N8O3/c1-13-7-15(27-23(33)34)12-32(11-13,24(2,3)4)19-10-16(28-22(26-5)29-19)14-8-17-20(18(9-14)35-6)21(25)31-30-17/h8-10,13,15,27H,7,11-12H2,1-6H3,(H4-,25,26,28,29,30,31,33,34)/t13-,15-,32?/m1/s1. The molecule has 0 saturated carbocycles. The molecular formula is C24H34N8O3. The molecule has 0 radical (unpaired) electrons. The largest absolute Gasteiger partial charge is 0.530 e. The zero-order valence-corrected chi connectivity index (χ0v) is 21.1. The summed E-state index contributed by atoms with van der Waals surface area (Å²) < 4.78 is 6.08. The number of ether oxygens (including phenoxy) is 1. The Balaban J connectivity index is 1.90. The van der Waals surface area contributed by atoms with Crippen LogP contribution in [0, 0.1) is 5.92 Å². The third-order valence-corrected chi connectivity index (χ3v) is 6.99. The number of likely N-dealkylation sites (tertiary alicyclic amines) is 1. The van der Waals surface area contributed by atoms with Gasteiger partial charge in [0.15, 0.2) is 5.82 Å². The van der Waals surface area contributed by atoms with Gasteiger partial charge >= 0.3 is 0 Å². The van der Waals surface area contributed by atoms with Gasteiger partial charge in [-0.25, -0.2) is 4.98 Å². The maximum Gasteiger partial charge on any atom is 0.233 e. The quantitative estimate of drug-likeness (QED) is 0.403. The van der Waals surface area contributed by atoms with Gasteiger partial charge in [-0.1, -0.05) is 6.92 Å². The van der Waals surface area contributed by atoms with Crippen molar-refractivity contribution in [2.45, 2.75) is 45.7 Å². The van der Waals surface area contributed by atoms with Crippen molar-refractivity contribution in [3.8, 4) is 17.0 Å². The minimum atomic E-state index is -1.25. The average Bonchev–Trinajstić information content (AvgIpc) is 3.17. The second kappa shape index (κ2) is 8.88. The molecular weight excluding hydrogens is 448 g/mol. The number of quaternary nitrogens is 1. The van der Waals surface area contributed by atoms with Gasteiger partial charge in [0.2, 0.25) is 11.8 Å². The van der Waals surface area contributed by atoms with Crippen molar-refractivity contribution >= 4 is 34.6 Å². The second-order valence-corrected chi connectivity index (χ2v) is 10.4. The highest BCUT2D eigenvalue weighted by molar-refractivity contribution is 5.97. The number of fused-ring (bicyclic) bond motifs is 1. The Kier molecular flexibility index (Phi) is 6.22. The molecule has 1 aliphatic rings. The van der Waals surface area contributed by atoms with Gasteiger partial charge in [-0.2, -0.15) is 10.1 Å². The van der Waals surface area contributed by atoms with E-state index in [2.05, 4.69) is 48.5 Å². The fourth-order valence-electron chi connectivity index (χ4n) is 5.33. The third-order valence-electron chi connectivity index (χ3n) is 6.99. The summed E-state index contributed by atoms with van der Waals surface area (Å²) in [6.45, 7) is 9.98. The van der Waals surface area contributed by atoms with Crippen LogP contribution in [0.3, 0.4) is 0 Å². The highest BCUT2D eigenvalue weighted by Crippen LogP contribution is 2.41. The van der Waals surface area contributed by atoms with Crippen LogP contribution < -0.4 is 30.7 Å². The lowest BCUT2D eigenvalue weighted by Gasteiger charge is -2.53. The van der Waals surface area contributed by atoms with E-state index in [1.807, 2.05) is 18.2 Å². The number of hydrogen-bond donors (Lipinski definition) is 4. The van der Waals surface area contributed by atoms with Crippen molar-refractivity contribution in [3.63, 3.8) is 0 Å². The number of benzene rings is 1. The summed E-state index contributed by atoms with van der Waals surface area (Å²) in [5.74, 6) is 2.52. The van der Waals surface area contributed by atoms with E-state index in [-0.39, 0.29) is 17.5 Å². The number of anilines is 2. The maximum absolute atomic E-state index is 11.4. The van der Waals surface area contributed by atoms with E-state index in [1.54, 1.807) is 14.2 Å². The summed E-state index contributed by atoms with van der Waals surface area (Å²) >= 11 is 0. The predicted octanol–water partition coefficient (Wildman–Crippen LogP) is 2.10. The Morgan fingerprint density at radius 3 is 2.63 bits per heavy atom. The van der Waals surface area contributed by atoms with E-state index >= 15 is 0 Å². The molecule has 11 nitrogen and oxygen atoms in total. The van der Waals surface area contributed by atoms with Crippen molar-refractivity contribution in [1.29, 1.82) is 0 Å². The van der Waals surface area contributed by atoms with Crippen molar-refractivity contribution in [1.82, 2.24) is 30.0 Å². The van der Waals surface area contributed by atoms with E-state index in [1.165, 1.54) is 0 Å². The molecule has 0 aliphatic carbocycles. The molecule has 1 fully saturated rings. The number of aromatic amines is 1. The van der Waals surface area contributed by atoms with Gasteiger partial charge in [0.25, 0.3) is 0 Å². The summed E-state index contributed by atoms with van der Waals surface area (Å²) in [5.41, 5.74) is 8.02. The summed E-state index contributed by atoms with van der Waals surface area (Å²) in [7, 11) is 3.37. The number of nitrogen functional groups attached to an aromatic ring is 1. The van der Waals surface area contributed by atoms with E-state index in [4.69, 9.17) is 20.4 Å². The summed E-state index contributed by atoms with van der Waals surface area (Å²) in [5, 5.41) is 24.9. The Morgan fingerprint density at radius 1 is 1.26 bits per heavy atom. The number of nitrogens with two attached hydrogens (primary N) is 1. The molecule has 5 N–H and O–H groups in total. The van der Waals surface area contributed by atoms with E-state index in [0.717, 1.165) is 35.2 Å². The van der Waals surface area contributed by atoms with Crippen molar-refractivity contribution in [3.05, 3.63) is 18.2 Å².